The van der Waals surface area contributed by atoms with Crippen molar-refractivity contribution < 1.29 is 22.4 Å². The van der Waals surface area contributed by atoms with E-state index < -0.39 is 35.4 Å². The Balaban J connectivity index is 1.73. The van der Waals surface area contributed by atoms with E-state index in [4.69, 9.17) is 0 Å². The molecule has 3 aromatic rings. The molecule has 0 spiro atoms. The average molecular weight is 377 g/mol. The molecule has 0 saturated heterocycles. The number of halogens is 4. The van der Waals surface area contributed by atoms with Gasteiger partial charge >= 0.3 is 0 Å². The number of carbonyl (C=O) groups is 1. The smallest absolute Gasteiger partial charge is 0.255 e. The van der Waals surface area contributed by atoms with Crippen LogP contribution in [0.4, 0.5) is 23.2 Å². The monoisotopic (exact) mass is 377 g/mol. The Hall–Kier alpha value is -3.16. The summed E-state index contributed by atoms with van der Waals surface area (Å²) in [6.45, 7) is 1.54. The molecule has 2 aromatic carbocycles. The first kappa shape index (κ1) is 18.6. The fraction of sp³-hybridized carbons (Fsp3) is 0.158. The lowest BCUT2D eigenvalue weighted by molar-refractivity contribution is 0.102. The summed E-state index contributed by atoms with van der Waals surface area (Å²) in [4.78, 5) is 12.2. The van der Waals surface area contributed by atoms with E-state index in [0.717, 1.165) is 16.7 Å². The number of benzene rings is 2. The minimum Gasteiger partial charge on any atom is -0.319 e. The number of nitrogens with one attached hydrogen (secondary N) is 1. The molecule has 8 heteroatoms. The van der Waals surface area contributed by atoms with Gasteiger partial charge in [-0.2, -0.15) is 5.10 Å². The molecule has 0 aliphatic heterocycles. The minimum absolute atomic E-state index is 0.278. The van der Waals surface area contributed by atoms with Gasteiger partial charge in [0.25, 0.3) is 5.91 Å². The van der Waals surface area contributed by atoms with Crippen LogP contribution in [0.15, 0.2) is 42.7 Å². The highest BCUT2D eigenvalue weighted by molar-refractivity contribution is 6.04. The first-order valence-corrected chi connectivity index (χ1v) is 8.13. The molecule has 0 aliphatic rings. The maximum absolute atomic E-state index is 13.7. The van der Waals surface area contributed by atoms with Gasteiger partial charge in [0.2, 0.25) is 0 Å². The zero-order valence-corrected chi connectivity index (χ0v) is 14.3. The summed E-state index contributed by atoms with van der Waals surface area (Å²) in [7, 11) is 0. The van der Waals surface area contributed by atoms with Crippen molar-refractivity contribution in [2.45, 2.75) is 19.9 Å². The van der Waals surface area contributed by atoms with E-state index in [2.05, 4.69) is 10.4 Å². The average Bonchev–Trinajstić information content (AvgIpc) is 3.10. The number of hydrogen-bond acceptors (Lipinski definition) is 2. The maximum atomic E-state index is 13.7. The molecule has 3 rings (SSSR count). The van der Waals surface area contributed by atoms with Gasteiger partial charge in [-0.1, -0.05) is 19.1 Å². The fourth-order valence-electron chi connectivity index (χ4n) is 2.52. The van der Waals surface area contributed by atoms with Gasteiger partial charge in [0.1, 0.15) is 5.82 Å². The summed E-state index contributed by atoms with van der Waals surface area (Å²) in [6, 6.07) is 7.33. The number of aromatic nitrogens is 2. The van der Waals surface area contributed by atoms with Crippen molar-refractivity contribution in [3.05, 3.63) is 82.7 Å². The second kappa shape index (κ2) is 7.61. The predicted octanol–water partition coefficient (Wildman–Crippen LogP) is 4.30. The van der Waals surface area contributed by atoms with Crippen molar-refractivity contribution in [1.82, 2.24) is 9.78 Å². The third-order valence-electron chi connectivity index (χ3n) is 4.04. The standard InChI is InChI=1S/C19H15F4N3O/c1-2-11-3-5-12(6-4-11)19(27)25-13-8-24-26(9-13)10-14-15(20)7-16(21)18(23)17(14)22/h3-9H,2,10H2,1H3,(H,25,27). The van der Waals surface area contributed by atoms with Crippen LogP contribution in [0.5, 0.6) is 0 Å². The van der Waals surface area contributed by atoms with Crippen LogP contribution in [0, 0.1) is 23.3 Å². The van der Waals surface area contributed by atoms with E-state index >= 15 is 0 Å². The quantitative estimate of drug-likeness (QED) is 0.409. The van der Waals surface area contributed by atoms with Crippen LogP contribution in [0.2, 0.25) is 0 Å². The SMILES string of the molecule is CCc1ccc(C(=O)Nc2cnn(Cc3c(F)cc(F)c(F)c3F)c2)cc1. The molecule has 0 bridgehead atoms. The second-order valence-corrected chi connectivity index (χ2v) is 5.88. The van der Waals surface area contributed by atoms with Crippen molar-refractivity contribution in [2.75, 3.05) is 5.32 Å². The molecule has 0 fully saturated rings. The van der Waals surface area contributed by atoms with E-state index in [1.54, 1.807) is 12.1 Å². The number of nitrogens with zero attached hydrogens (tertiary/aromatic N) is 2. The first-order chi connectivity index (χ1) is 12.9. The number of amides is 1. The molecule has 0 unspecified atom stereocenters. The van der Waals surface area contributed by atoms with Crippen molar-refractivity contribution in [2.24, 2.45) is 0 Å². The van der Waals surface area contributed by atoms with Crippen LogP contribution < -0.4 is 5.32 Å². The molecular weight excluding hydrogens is 362 g/mol. The lowest BCUT2D eigenvalue weighted by Gasteiger charge is -2.07. The Morgan fingerprint density at radius 1 is 1.07 bits per heavy atom. The summed E-state index contributed by atoms with van der Waals surface area (Å²) in [5.41, 5.74) is 1.17. The molecule has 1 heterocycles. The summed E-state index contributed by atoms with van der Waals surface area (Å²) in [5, 5.41) is 6.48. The zero-order valence-electron chi connectivity index (χ0n) is 14.3. The summed E-state index contributed by atoms with van der Waals surface area (Å²) < 4.78 is 54.8. The van der Waals surface area contributed by atoms with Crippen LogP contribution in [0.1, 0.15) is 28.4 Å². The van der Waals surface area contributed by atoms with E-state index in [9.17, 15) is 22.4 Å². The van der Waals surface area contributed by atoms with Crippen LogP contribution >= 0.6 is 0 Å². The number of rotatable bonds is 5. The molecule has 27 heavy (non-hydrogen) atoms. The molecule has 1 aromatic heterocycles. The number of hydrogen-bond donors (Lipinski definition) is 1. The van der Waals surface area contributed by atoms with E-state index in [-0.39, 0.29) is 12.0 Å². The van der Waals surface area contributed by atoms with Crippen molar-refractivity contribution in [3.8, 4) is 0 Å². The van der Waals surface area contributed by atoms with Crippen LogP contribution in [0.25, 0.3) is 0 Å². The zero-order chi connectivity index (χ0) is 19.6. The van der Waals surface area contributed by atoms with Gasteiger partial charge in [-0.05, 0) is 24.1 Å². The third kappa shape index (κ3) is 3.99. The molecule has 0 aliphatic carbocycles. The molecule has 0 radical (unpaired) electrons. The van der Waals surface area contributed by atoms with Gasteiger partial charge < -0.3 is 5.32 Å². The highest BCUT2D eigenvalue weighted by Gasteiger charge is 2.19. The normalized spacial score (nSPS) is 10.9. The van der Waals surface area contributed by atoms with E-state index in [1.165, 1.54) is 12.4 Å². The number of carbonyl (C=O) groups excluding carboxylic acids is 1. The van der Waals surface area contributed by atoms with E-state index in [1.807, 2.05) is 19.1 Å². The highest BCUT2D eigenvalue weighted by atomic mass is 19.2. The van der Waals surface area contributed by atoms with Gasteiger partial charge in [0, 0.05) is 23.4 Å². The number of aryl methyl sites for hydroxylation is 1. The van der Waals surface area contributed by atoms with Crippen LogP contribution in [-0.2, 0) is 13.0 Å². The highest BCUT2D eigenvalue weighted by Crippen LogP contribution is 2.20. The molecule has 0 saturated carbocycles. The Bertz CT molecular complexity index is 983. The third-order valence-corrected chi connectivity index (χ3v) is 4.04. The maximum Gasteiger partial charge on any atom is 0.255 e. The molecular formula is C19H15F4N3O. The summed E-state index contributed by atoms with van der Waals surface area (Å²) in [5.74, 6) is -6.55. The summed E-state index contributed by atoms with van der Waals surface area (Å²) in [6.07, 6.45) is 3.47. The first-order valence-electron chi connectivity index (χ1n) is 8.13. The lowest BCUT2D eigenvalue weighted by atomic mass is 10.1. The van der Waals surface area contributed by atoms with Gasteiger partial charge in [-0.15, -0.1) is 0 Å². The molecule has 4 nitrogen and oxygen atoms in total. The second-order valence-electron chi connectivity index (χ2n) is 5.88. The van der Waals surface area contributed by atoms with Crippen LogP contribution in [0.3, 0.4) is 0 Å². The predicted molar refractivity (Wildman–Crippen MR) is 91.4 cm³/mol. The van der Waals surface area contributed by atoms with Crippen molar-refractivity contribution in [1.29, 1.82) is 0 Å². The minimum atomic E-state index is -1.75. The van der Waals surface area contributed by atoms with Crippen molar-refractivity contribution in [3.63, 3.8) is 0 Å². The Labute approximate surface area is 152 Å². The molecule has 140 valence electrons. The Morgan fingerprint density at radius 2 is 1.78 bits per heavy atom. The number of anilines is 1. The molecule has 1 N–H and O–H groups in total. The Kier molecular flexibility index (Phi) is 5.25. The lowest BCUT2D eigenvalue weighted by Crippen LogP contribution is -2.11. The van der Waals surface area contributed by atoms with Gasteiger partial charge in [0.15, 0.2) is 17.5 Å². The van der Waals surface area contributed by atoms with Crippen molar-refractivity contribution >= 4 is 11.6 Å². The molecule has 0 atom stereocenters. The fourth-order valence-corrected chi connectivity index (χ4v) is 2.52. The van der Waals surface area contributed by atoms with Crippen LogP contribution in [-0.4, -0.2) is 15.7 Å². The van der Waals surface area contributed by atoms with Gasteiger partial charge in [0.05, 0.1) is 18.4 Å². The topological polar surface area (TPSA) is 46.9 Å². The van der Waals surface area contributed by atoms with E-state index in [0.29, 0.717) is 11.3 Å². The van der Waals surface area contributed by atoms with Gasteiger partial charge in [-0.25, -0.2) is 17.6 Å². The summed E-state index contributed by atoms with van der Waals surface area (Å²) >= 11 is 0. The molecule has 1 amide bonds. The largest absolute Gasteiger partial charge is 0.319 e. The van der Waals surface area contributed by atoms with Gasteiger partial charge in [-0.3, -0.25) is 9.48 Å². The Morgan fingerprint density at radius 3 is 2.44 bits per heavy atom.